The van der Waals surface area contributed by atoms with Crippen molar-refractivity contribution in [3.05, 3.63) is 80.9 Å². The van der Waals surface area contributed by atoms with Gasteiger partial charge in [0, 0.05) is 19.3 Å². The van der Waals surface area contributed by atoms with Gasteiger partial charge in [0.2, 0.25) is 0 Å². The van der Waals surface area contributed by atoms with Crippen LogP contribution in [0.4, 0.5) is 10.2 Å². The van der Waals surface area contributed by atoms with E-state index >= 15 is 0 Å². The van der Waals surface area contributed by atoms with Gasteiger partial charge >= 0.3 is 0 Å². The van der Waals surface area contributed by atoms with Gasteiger partial charge in [0.25, 0.3) is 11.5 Å². The number of halogens is 1. The van der Waals surface area contributed by atoms with Gasteiger partial charge in [0.05, 0.1) is 17.0 Å². The molecular weight excluding hydrogens is 483 g/mol. The molecule has 5 rings (SSSR count). The highest BCUT2D eigenvalue weighted by atomic mass is 32.2. The van der Waals surface area contributed by atoms with E-state index in [1.807, 2.05) is 12.1 Å². The highest BCUT2D eigenvalue weighted by molar-refractivity contribution is 8.26. The Labute approximate surface area is 212 Å². The van der Waals surface area contributed by atoms with Gasteiger partial charge in [0.1, 0.15) is 21.6 Å². The van der Waals surface area contributed by atoms with Gasteiger partial charge in [-0.05, 0) is 54.2 Å². The number of thioether (sulfide) groups is 1. The standard InChI is InChI=1S/C26H25FN4O2S2/c1-16-11-17(2)14-29(13-16)23-20(24(32)30-10-4-3-5-22(30)28-23)12-21-25(33)31(26(34)35-21)15-18-6-8-19(27)9-7-18/h3-10,12,16-17H,11,13-15H2,1-2H3/b21-12-/t16-,17-/m1/s1. The van der Waals surface area contributed by atoms with Gasteiger partial charge in [0.15, 0.2) is 0 Å². The summed E-state index contributed by atoms with van der Waals surface area (Å²) in [5, 5.41) is 0. The van der Waals surface area contributed by atoms with E-state index in [4.69, 9.17) is 17.2 Å². The van der Waals surface area contributed by atoms with E-state index in [1.165, 1.54) is 33.2 Å². The van der Waals surface area contributed by atoms with E-state index in [0.717, 1.165) is 25.1 Å². The molecule has 35 heavy (non-hydrogen) atoms. The van der Waals surface area contributed by atoms with Crippen LogP contribution in [0.3, 0.4) is 0 Å². The predicted molar refractivity (Wildman–Crippen MR) is 142 cm³/mol. The SMILES string of the molecule is C[C@@H]1C[C@@H](C)CN(c2nc3ccccn3c(=O)c2/C=C2\SC(=S)N(Cc3ccc(F)cc3)C2=O)C1. The first kappa shape index (κ1) is 23.7. The summed E-state index contributed by atoms with van der Waals surface area (Å²) >= 11 is 6.65. The van der Waals surface area contributed by atoms with Crippen molar-refractivity contribution in [1.82, 2.24) is 14.3 Å². The molecule has 2 aromatic heterocycles. The van der Waals surface area contributed by atoms with Crippen molar-refractivity contribution >= 4 is 51.7 Å². The number of fused-ring (bicyclic) bond motifs is 1. The molecule has 0 saturated carbocycles. The predicted octanol–water partition coefficient (Wildman–Crippen LogP) is 4.72. The Morgan fingerprint density at radius 1 is 1.11 bits per heavy atom. The van der Waals surface area contributed by atoms with E-state index in [2.05, 4.69) is 18.7 Å². The van der Waals surface area contributed by atoms with Crippen LogP contribution in [0.5, 0.6) is 0 Å². The van der Waals surface area contributed by atoms with Crippen molar-refractivity contribution in [2.24, 2.45) is 11.8 Å². The Kier molecular flexibility index (Phi) is 6.46. The van der Waals surface area contributed by atoms with Crippen molar-refractivity contribution < 1.29 is 9.18 Å². The number of pyridine rings is 1. The lowest BCUT2D eigenvalue weighted by molar-refractivity contribution is -0.122. The Morgan fingerprint density at radius 2 is 1.83 bits per heavy atom. The summed E-state index contributed by atoms with van der Waals surface area (Å²) in [5.74, 6) is 0.932. The van der Waals surface area contributed by atoms with Crippen LogP contribution in [-0.2, 0) is 11.3 Å². The first-order valence-electron chi connectivity index (χ1n) is 11.6. The van der Waals surface area contributed by atoms with Crippen molar-refractivity contribution in [1.29, 1.82) is 0 Å². The molecule has 4 heterocycles. The van der Waals surface area contributed by atoms with Crippen LogP contribution in [0.2, 0.25) is 0 Å². The monoisotopic (exact) mass is 508 g/mol. The van der Waals surface area contributed by atoms with Crippen LogP contribution in [-0.4, -0.2) is 37.6 Å². The second-order valence-corrected chi connectivity index (χ2v) is 11.0. The van der Waals surface area contributed by atoms with Crippen LogP contribution in [0, 0.1) is 17.7 Å². The minimum absolute atomic E-state index is 0.222. The van der Waals surface area contributed by atoms with Crippen molar-refractivity contribution in [2.75, 3.05) is 18.0 Å². The van der Waals surface area contributed by atoms with Crippen molar-refractivity contribution in [3.8, 4) is 0 Å². The molecule has 2 saturated heterocycles. The smallest absolute Gasteiger partial charge is 0.267 e. The molecule has 2 aliphatic heterocycles. The molecule has 0 bridgehead atoms. The Balaban J connectivity index is 1.55. The van der Waals surface area contributed by atoms with Gasteiger partial charge in [-0.2, -0.15) is 0 Å². The molecule has 3 aromatic rings. The molecule has 6 nitrogen and oxygen atoms in total. The number of carbonyl (C=O) groups is 1. The number of amides is 1. The molecule has 2 atom stereocenters. The van der Waals surface area contributed by atoms with Crippen LogP contribution in [0.1, 0.15) is 31.4 Å². The summed E-state index contributed by atoms with van der Waals surface area (Å²) in [5.41, 5.74) is 1.50. The van der Waals surface area contributed by atoms with Gasteiger partial charge in [-0.15, -0.1) is 0 Å². The first-order chi connectivity index (χ1) is 16.8. The molecule has 0 radical (unpaired) electrons. The number of nitrogens with zero attached hydrogens (tertiary/aromatic N) is 4. The minimum atomic E-state index is -0.336. The number of benzene rings is 1. The number of rotatable bonds is 4. The molecule has 0 unspecified atom stereocenters. The molecule has 1 amide bonds. The number of piperidine rings is 1. The fourth-order valence-electron chi connectivity index (χ4n) is 4.83. The van der Waals surface area contributed by atoms with Gasteiger partial charge in [-0.3, -0.25) is 18.9 Å². The second kappa shape index (κ2) is 9.54. The largest absolute Gasteiger partial charge is 0.355 e. The number of aromatic nitrogens is 2. The van der Waals surface area contributed by atoms with Crippen molar-refractivity contribution in [3.63, 3.8) is 0 Å². The molecule has 1 aromatic carbocycles. The van der Waals surface area contributed by atoms with Crippen LogP contribution >= 0.6 is 24.0 Å². The molecular formula is C26H25FN4O2S2. The summed E-state index contributed by atoms with van der Waals surface area (Å²) in [6.45, 7) is 6.25. The molecule has 2 fully saturated rings. The Morgan fingerprint density at radius 3 is 2.54 bits per heavy atom. The zero-order chi connectivity index (χ0) is 24.7. The lowest BCUT2D eigenvalue weighted by Crippen LogP contribution is -2.40. The lowest BCUT2D eigenvalue weighted by atomic mass is 9.91. The highest BCUT2D eigenvalue weighted by Gasteiger charge is 2.33. The third kappa shape index (κ3) is 4.75. The summed E-state index contributed by atoms with van der Waals surface area (Å²) < 4.78 is 15.2. The number of anilines is 1. The summed E-state index contributed by atoms with van der Waals surface area (Å²) in [7, 11) is 0. The number of thiocarbonyl (C=S) groups is 1. The zero-order valence-corrected chi connectivity index (χ0v) is 21.1. The Hall–Kier alpha value is -3.04. The zero-order valence-electron chi connectivity index (χ0n) is 19.5. The van der Waals surface area contributed by atoms with E-state index in [9.17, 15) is 14.0 Å². The van der Waals surface area contributed by atoms with E-state index in [0.29, 0.717) is 38.1 Å². The van der Waals surface area contributed by atoms with Gasteiger partial charge in [-0.1, -0.05) is 56.0 Å². The quantitative estimate of drug-likeness (QED) is 0.376. The topological polar surface area (TPSA) is 57.9 Å². The number of carbonyl (C=O) groups excluding carboxylic acids is 1. The summed E-state index contributed by atoms with van der Waals surface area (Å²) in [6, 6.07) is 11.4. The van der Waals surface area contributed by atoms with Crippen LogP contribution in [0.25, 0.3) is 11.7 Å². The fraction of sp³-hybridized carbons (Fsp3) is 0.308. The van der Waals surface area contributed by atoms with Gasteiger partial charge in [-0.25, -0.2) is 9.37 Å². The third-order valence-electron chi connectivity index (χ3n) is 6.32. The van der Waals surface area contributed by atoms with Crippen LogP contribution in [0.15, 0.2) is 58.4 Å². The van der Waals surface area contributed by atoms with Crippen molar-refractivity contribution in [2.45, 2.75) is 26.8 Å². The number of hydrogen-bond donors (Lipinski definition) is 0. The fourth-order valence-corrected chi connectivity index (χ4v) is 6.07. The summed E-state index contributed by atoms with van der Waals surface area (Å²) in [4.78, 5) is 35.8. The normalized spacial score (nSPS) is 22.0. The average molecular weight is 509 g/mol. The molecule has 0 N–H and O–H groups in total. The molecule has 2 aliphatic rings. The highest BCUT2D eigenvalue weighted by Crippen LogP contribution is 2.35. The molecule has 9 heteroatoms. The third-order valence-corrected chi connectivity index (χ3v) is 7.70. The summed E-state index contributed by atoms with van der Waals surface area (Å²) in [6.07, 6.45) is 4.45. The van der Waals surface area contributed by atoms with Crippen LogP contribution < -0.4 is 10.5 Å². The minimum Gasteiger partial charge on any atom is -0.355 e. The molecule has 180 valence electrons. The Bertz CT molecular complexity index is 1390. The van der Waals surface area contributed by atoms with Gasteiger partial charge < -0.3 is 4.90 Å². The maximum atomic E-state index is 13.6. The second-order valence-electron chi connectivity index (χ2n) is 9.33. The maximum Gasteiger partial charge on any atom is 0.267 e. The average Bonchev–Trinajstić information content (AvgIpc) is 3.09. The van der Waals surface area contributed by atoms with E-state index in [-0.39, 0.29) is 23.8 Å². The van der Waals surface area contributed by atoms with E-state index in [1.54, 1.807) is 30.5 Å². The molecule has 0 aliphatic carbocycles. The number of hydrogen-bond acceptors (Lipinski definition) is 6. The van der Waals surface area contributed by atoms with E-state index < -0.39 is 0 Å². The molecule has 0 spiro atoms. The maximum absolute atomic E-state index is 13.6. The first-order valence-corrected chi connectivity index (χ1v) is 12.8. The lowest BCUT2D eigenvalue weighted by Gasteiger charge is -2.36.